The lowest BCUT2D eigenvalue weighted by Gasteiger charge is -2.02. The second kappa shape index (κ2) is 12.2. The first kappa shape index (κ1) is 18.1. The molecule has 3 N–H and O–H groups in total. The van der Waals surface area contributed by atoms with Gasteiger partial charge in [0.2, 0.25) is 0 Å². The Labute approximate surface area is 119 Å². The summed E-state index contributed by atoms with van der Waals surface area (Å²) in [6.07, 6.45) is 11.6. The Bertz CT molecular complexity index is 307. The standard InChI is InChI=1S/C17H32N2/c1-15(2)7-5-8-16(3)9-6-10-17(4)11-13-19-14-12-18/h7,9,11,19H,5-6,8,10,12-14,18H2,1-4H3/b16-9+,17-11+. The van der Waals surface area contributed by atoms with Crippen molar-refractivity contribution in [2.24, 2.45) is 5.73 Å². The van der Waals surface area contributed by atoms with Crippen molar-refractivity contribution in [2.75, 3.05) is 19.6 Å². The van der Waals surface area contributed by atoms with Crippen molar-refractivity contribution in [2.45, 2.75) is 53.4 Å². The maximum absolute atomic E-state index is 5.42. The summed E-state index contributed by atoms with van der Waals surface area (Å²) in [7, 11) is 0. The number of rotatable bonds is 10. The van der Waals surface area contributed by atoms with Crippen molar-refractivity contribution in [1.82, 2.24) is 5.32 Å². The number of nitrogens with two attached hydrogens (primary N) is 1. The zero-order valence-electron chi connectivity index (χ0n) is 13.3. The Balaban J connectivity index is 3.77. The Morgan fingerprint density at radius 2 is 1.47 bits per heavy atom. The Morgan fingerprint density at radius 3 is 2.05 bits per heavy atom. The predicted octanol–water partition coefficient (Wildman–Crippen LogP) is 3.95. The van der Waals surface area contributed by atoms with Gasteiger partial charge in [0.25, 0.3) is 0 Å². The lowest BCUT2D eigenvalue weighted by molar-refractivity contribution is 0.748. The molecule has 0 saturated carbocycles. The van der Waals surface area contributed by atoms with Gasteiger partial charge in [-0.05, 0) is 53.4 Å². The van der Waals surface area contributed by atoms with Crippen molar-refractivity contribution in [3.05, 3.63) is 34.9 Å². The minimum Gasteiger partial charge on any atom is -0.329 e. The summed E-state index contributed by atoms with van der Waals surface area (Å²) in [5.41, 5.74) is 9.80. The summed E-state index contributed by atoms with van der Waals surface area (Å²) in [5.74, 6) is 0. The first-order chi connectivity index (χ1) is 9.06. The molecule has 0 heterocycles. The van der Waals surface area contributed by atoms with Crippen LogP contribution in [0, 0.1) is 0 Å². The molecule has 0 spiro atoms. The van der Waals surface area contributed by atoms with Crippen LogP contribution < -0.4 is 11.1 Å². The third-order valence-corrected chi connectivity index (χ3v) is 3.04. The van der Waals surface area contributed by atoms with E-state index in [1.807, 2.05) is 0 Å². The van der Waals surface area contributed by atoms with Gasteiger partial charge in [-0.15, -0.1) is 0 Å². The monoisotopic (exact) mass is 264 g/mol. The summed E-state index contributed by atoms with van der Waals surface area (Å²) >= 11 is 0. The summed E-state index contributed by atoms with van der Waals surface area (Å²) in [6.45, 7) is 11.3. The molecule has 0 unspecified atom stereocenters. The molecular formula is C17H32N2. The van der Waals surface area contributed by atoms with Crippen LogP contribution in [-0.2, 0) is 0 Å². The summed E-state index contributed by atoms with van der Waals surface area (Å²) in [4.78, 5) is 0. The van der Waals surface area contributed by atoms with E-state index in [-0.39, 0.29) is 0 Å². The fraction of sp³-hybridized carbons (Fsp3) is 0.647. The Kier molecular flexibility index (Phi) is 11.6. The highest BCUT2D eigenvalue weighted by molar-refractivity contribution is 5.05. The van der Waals surface area contributed by atoms with Crippen molar-refractivity contribution in [3.8, 4) is 0 Å². The Morgan fingerprint density at radius 1 is 0.895 bits per heavy atom. The van der Waals surface area contributed by atoms with Crippen LogP contribution in [-0.4, -0.2) is 19.6 Å². The SMILES string of the molecule is CC(C)=CCC/C(C)=C/CC/C(C)=C/CNCCN. The first-order valence-corrected chi connectivity index (χ1v) is 7.41. The maximum Gasteiger partial charge on any atom is 0.0137 e. The van der Waals surface area contributed by atoms with Gasteiger partial charge in [0.05, 0.1) is 0 Å². The van der Waals surface area contributed by atoms with E-state index in [9.17, 15) is 0 Å². The molecule has 0 aromatic rings. The largest absolute Gasteiger partial charge is 0.329 e. The van der Waals surface area contributed by atoms with Gasteiger partial charge >= 0.3 is 0 Å². The molecule has 2 nitrogen and oxygen atoms in total. The van der Waals surface area contributed by atoms with Crippen LogP contribution in [0.4, 0.5) is 0 Å². The van der Waals surface area contributed by atoms with E-state index in [0.717, 1.165) is 25.9 Å². The number of allylic oxidation sites excluding steroid dienone is 5. The fourth-order valence-electron chi connectivity index (χ4n) is 1.79. The van der Waals surface area contributed by atoms with E-state index in [4.69, 9.17) is 5.73 Å². The molecule has 0 saturated heterocycles. The predicted molar refractivity (Wildman–Crippen MR) is 87.3 cm³/mol. The van der Waals surface area contributed by atoms with Gasteiger partial charge in [-0.25, -0.2) is 0 Å². The average molecular weight is 264 g/mol. The smallest absolute Gasteiger partial charge is 0.0137 e. The van der Waals surface area contributed by atoms with Crippen LogP contribution in [0.15, 0.2) is 34.9 Å². The molecule has 0 atom stereocenters. The van der Waals surface area contributed by atoms with E-state index < -0.39 is 0 Å². The fourth-order valence-corrected chi connectivity index (χ4v) is 1.79. The van der Waals surface area contributed by atoms with Crippen molar-refractivity contribution in [1.29, 1.82) is 0 Å². The molecule has 0 aliphatic heterocycles. The number of hydrogen-bond acceptors (Lipinski definition) is 2. The van der Waals surface area contributed by atoms with Gasteiger partial charge in [-0.2, -0.15) is 0 Å². The Hall–Kier alpha value is -0.860. The van der Waals surface area contributed by atoms with E-state index in [1.54, 1.807) is 0 Å². The van der Waals surface area contributed by atoms with Crippen LogP contribution in [0.25, 0.3) is 0 Å². The van der Waals surface area contributed by atoms with Gasteiger partial charge in [-0.3, -0.25) is 0 Å². The third kappa shape index (κ3) is 13.4. The molecule has 2 heteroatoms. The van der Waals surface area contributed by atoms with Crippen LogP contribution in [0.2, 0.25) is 0 Å². The average Bonchev–Trinajstić information content (AvgIpc) is 2.34. The lowest BCUT2D eigenvalue weighted by atomic mass is 10.1. The van der Waals surface area contributed by atoms with Crippen molar-refractivity contribution >= 4 is 0 Å². The van der Waals surface area contributed by atoms with Gasteiger partial charge in [0.15, 0.2) is 0 Å². The van der Waals surface area contributed by atoms with E-state index >= 15 is 0 Å². The van der Waals surface area contributed by atoms with Gasteiger partial charge in [0, 0.05) is 19.6 Å². The third-order valence-electron chi connectivity index (χ3n) is 3.04. The molecule has 0 fully saturated rings. The molecule has 0 amide bonds. The second-order valence-corrected chi connectivity index (χ2v) is 5.45. The first-order valence-electron chi connectivity index (χ1n) is 7.41. The van der Waals surface area contributed by atoms with Crippen LogP contribution in [0.1, 0.15) is 53.4 Å². The molecule has 0 aliphatic rings. The highest BCUT2D eigenvalue weighted by Gasteiger charge is 1.92. The molecule has 0 bridgehead atoms. The quantitative estimate of drug-likeness (QED) is 0.463. The van der Waals surface area contributed by atoms with E-state index in [1.165, 1.54) is 29.6 Å². The number of nitrogens with one attached hydrogen (secondary N) is 1. The van der Waals surface area contributed by atoms with Gasteiger partial charge in [0.1, 0.15) is 0 Å². The maximum atomic E-state index is 5.42. The van der Waals surface area contributed by atoms with Crippen LogP contribution in [0.5, 0.6) is 0 Å². The lowest BCUT2D eigenvalue weighted by Crippen LogP contribution is -2.22. The van der Waals surface area contributed by atoms with Gasteiger partial charge in [-0.1, -0.05) is 34.9 Å². The summed E-state index contributed by atoms with van der Waals surface area (Å²) in [6, 6.07) is 0. The van der Waals surface area contributed by atoms with E-state index in [0.29, 0.717) is 6.54 Å². The molecule has 19 heavy (non-hydrogen) atoms. The summed E-state index contributed by atoms with van der Waals surface area (Å²) in [5, 5.41) is 3.28. The molecule has 0 aromatic carbocycles. The van der Waals surface area contributed by atoms with Gasteiger partial charge < -0.3 is 11.1 Å². The zero-order chi connectivity index (χ0) is 14.5. The van der Waals surface area contributed by atoms with Crippen molar-refractivity contribution < 1.29 is 0 Å². The van der Waals surface area contributed by atoms with Crippen LogP contribution in [0.3, 0.4) is 0 Å². The minimum atomic E-state index is 0.709. The summed E-state index contributed by atoms with van der Waals surface area (Å²) < 4.78 is 0. The van der Waals surface area contributed by atoms with Crippen LogP contribution >= 0.6 is 0 Å². The van der Waals surface area contributed by atoms with E-state index in [2.05, 4.69) is 51.2 Å². The minimum absolute atomic E-state index is 0.709. The van der Waals surface area contributed by atoms with Crippen molar-refractivity contribution in [3.63, 3.8) is 0 Å². The molecular weight excluding hydrogens is 232 g/mol. The molecule has 110 valence electrons. The normalized spacial score (nSPS) is 12.7. The molecule has 0 radical (unpaired) electrons. The highest BCUT2D eigenvalue weighted by atomic mass is 14.9. The zero-order valence-corrected chi connectivity index (χ0v) is 13.3. The number of hydrogen-bond donors (Lipinski definition) is 2. The molecule has 0 aromatic heterocycles. The topological polar surface area (TPSA) is 38.0 Å². The second-order valence-electron chi connectivity index (χ2n) is 5.45. The molecule has 0 aliphatic carbocycles. The highest BCUT2D eigenvalue weighted by Crippen LogP contribution is 2.11. The molecule has 0 rings (SSSR count).